The zero-order valence-corrected chi connectivity index (χ0v) is 4.57. The van der Waals surface area contributed by atoms with Crippen molar-refractivity contribution in [3.63, 3.8) is 0 Å². The van der Waals surface area contributed by atoms with E-state index < -0.39 is 0 Å². The van der Waals surface area contributed by atoms with Crippen molar-refractivity contribution >= 4 is 0 Å². The molecule has 1 rings (SSSR count). The highest BCUT2D eigenvalue weighted by Crippen LogP contribution is 2.18. The summed E-state index contributed by atoms with van der Waals surface area (Å²) in [5, 5.41) is 25.8. The fourth-order valence-corrected chi connectivity index (χ4v) is 0.579. The Bertz CT molecular complexity index is 210. The molecule has 48 valence electrons. The molecule has 0 fully saturated rings. The molecule has 0 spiro atoms. The van der Waals surface area contributed by atoms with E-state index in [0.29, 0.717) is 0 Å². The van der Waals surface area contributed by atoms with E-state index in [1.807, 2.05) is 0 Å². The van der Waals surface area contributed by atoms with Crippen molar-refractivity contribution in [2.75, 3.05) is 0 Å². The van der Waals surface area contributed by atoms with Gasteiger partial charge in [-0.25, -0.2) is 0 Å². The Morgan fingerprint density at radius 2 is 1.89 bits per heavy atom. The Morgan fingerprint density at radius 1 is 1.22 bits per heavy atom. The van der Waals surface area contributed by atoms with E-state index in [0.717, 1.165) is 6.26 Å². The molecule has 0 aromatic rings. The normalized spacial score (nSPS) is 22.0. The quantitative estimate of drug-likeness (QED) is 0.429. The maximum Gasteiger partial charge on any atom is 0.167 e. The maximum absolute atomic E-state index is 8.80. The molecule has 0 unspecified atom stereocenters. The van der Waals surface area contributed by atoms with Crippen LogP contribution >= 0.6 is 0 Å². The molecule has 3 nitrogen and oxygen atoms in total. The first-order valence-corrected chi connectivity index (χ1v) is 2.40. The van der Waals surface area contributed by atoms with Gasteiger partial charge >= 0.3 is 0 Å². The van der Waals surface area contributed by atoms with Gasteiger partial charge in [0.25, 0.3) is 0 Å². The summed E-state index contributed by atoms with van der Waals surface area (Å²) in [7, 11) is 0. The van der Waals surface area contributed by atoms with Gasteiger partial charge < -0.3 is 15.3 Å². The molecule has 0 saturated heterocycles. The van der Waals surface area contributed by atoms with Crippen LogP contribution < -0.4 is 0 Å². The van der Waals surface area contributed by atoms with Gasteiger partial charge in [-0.2, -0.15) is 0 Å². The second-order valence-corrected chi connectivity index (χ2v) is 1.65. The van der Waals surface area contributed by atoms with E-state index in [4.69, 9.17) is 15.3 Å². The van der Waals surface area contributed by atoms with Crippen LogP contribution in [0.25, 0.3) is 0 Å². The Labute approximate surface area is 51.9 Å². The van der Waals surface area contributed by atoms with Crippen molar-refractivity contribution in [1.82, 2.24) is 0 Å². The first kappa shape index (κ1) is 5.75. The molecular weight excluding hydrogens is 120 g/mol. The van der Waals surface area contributed by atoms with Crippen molar-refractivity contribution in [1.29, 1.82) is 0 Å². The van der Waals surface area contributed by atoms with E-state index in [9.17, 15) is 0 Å². The van der Waals surface area contributed by atoms with Crippen LogP contribution in [0.3, 0.4) is 0 Å². The number of hydrogen-bond donors (Lipinski definition) is 3. The maximum atomic E-state index is 8.80. The summed E-state index contributed by atoms with van der Waals surface area (Å²) in [4.78, 5) is 0. The lowest BCUT2D eigenvalue weighted by molar-refractivity contribution is 0.349. The SMILES string of the molecule is O/C=C1\C=CC(O)=C1O. The van der Waals surface area contributed by atoms with Crippen LogP contribution in [0.4, 0.5) is 0 Å². The molecule has 0 radical (unpaired) electrons. The largest absolute Gasteiger partial charge is 0.515 e. The van der Waals surface area contributed by atoms with Gasteiger partial charge in [0.2, 0.25) is 0 Å². The summed E-state index contributed by atoms with van der Waals surface area (Å²) in [6, 6.07) is 0. The Kier molecular flexibility index (Phi) is 1.18. The predicted molar refractivity (Wildman–Crippen MR) is 32.1 cm³/mol. The summed E-state index contributed by atoms with van der Waals surface area (Å²) in [5.74, 6) is -0.493. The van der Waals surface area contributed by atoms with Crippen LogP contribution in [0.1, 0.15) is 0 Å². The number of aliphatic hydroxyl groups excluding tert-OH is 3. The van der Waals surface area contributed by atoms with Crippen LogP contribution in [0.2, 0.25) is 0 Å². The van der Waals surface area contributed by atoms with E-state index in [1.165, 1.54) is 12.2 Å². The molecule has 0 aromatic carbocycles. The van der Waals surface area contributed by atoms with Gasteiger partial charge in [0.15, 0.2) is 11.5 Å². The Hall–Kier alpha value is -1.38. The lowest BCUT2D eigenvalue weighted by Crippen LogP contribution is -1.83. The molecule has 3 N–H and O–H groups in total. The molecule has 0 atom stereocenters. The molecule has 1 aliphatic carbocycles. The number of hydrogen-bond acceptors (Lipinski definition) is 3. The van der Waals surface area contributed by atoms with Crippen molar-refractivity contribution in [2.24, 2.45) is 0 Å². The van der Waals surface area contributed by atoms with Gasteiger partial charge in [-0.05, 0) is 12.2 Å². The molecule has 3 heteroatoms. The van der Waals surface area contributed by atoms with Crippen molar-refractivity contribution < 1.29 is 15.3 Å². The van der Waals surface area contributed by atoms with E-state index in [1.54, 1.807) is 0 Å². The highest BCUT2D eigenvalue weighted by atomic mass is 16.3. The summed E-state index contributed by atoms with van der Waals surface area (Å²) in [6.07, 6.45) is 3.44. The van der Waals surface area contributed by atoms with E-state index in [2.05, 4.69) is 0 Å². The van der Waals surface area contributed by atoms with Crippen LogP contribution in [0.5, 0.6) is 0 Å². The monoisotopic (exact) mass is 126 g/mol. The van der Waals surface area contributed by atoms with Crippen LogP contribution in [0, 0.1) is 0 Å². The third-order valence-electron chi connectivity index (χ3n) is 1.08. The lowest BCUT2D eigenvalue weighted by Gasteiger charge is -1.91. The molecular formula is C6H6O3. The summed E-state index contributed by atoms with van der Waals surface area (Å²) < 4.78 is 0. The van der Waals surface area contributed by atoms with Gasteiger partial charge in [-0.3, -0.25) is 0 Å². The second-order valence-electron chi connectivity index (χ2n) is 1.65. The minimum absolute atomic E-state index is 0.213. The van der Waals surface area contributed by atoms with E-state index in [-0.39, 0.29) is 17.1 Å². The third-order valence-corrected chi connectivity index (χ3v) is 1.08. The zero-order chi connectivity index (χ0) is 6.85. The van der Waals surface area contributed by atoms with Crippen LogP contribution in [0.15, 0.2) is 35.5 Å². The first-order chi connectivity index (χ1) is 4.25. The smallest absolute Gasteiger partial charge is 0.167 e. The topological polar surface area (TPSA) is 60.7 Å². The molecule has 0 aromatic heterocycles. The fraction of sp³-hybridized carbons (Fsp3) is 0. The van der Waals surface area contributed by atoms with Crippen molar-refractivity contribution in [3.05, 3.63) is 35.5 Å². The Morgan fingerprint density at radius 3 is 2.11 bits per heavy atom. The van der Waals surface area contributed by atoms with Crippen molar-refractivity contribution in [3.8, 4) is 0 Å². The molecule has 0 amide bonds. The number of rotatable bonds is 0. The lowest BCUT2D eigenvalue weighted by atomic mass is 10.3. The molecule has 0 saturated carbocycles. The van der Waals surface area contributed by atoms with Gasteiger partial charge in [0.1, 0.15) is 0 Å². The van der Waals surface area contributed by atoms with Gasteiger partial charge in [-0.15, -0.1) is 0 Å². The van der Waals surface area contributed by atoms with Gasteiger partial charge in [-0.1, -0.05) is 0 Å². The van der Waals surface area contributed by atoms with Gasteiger partial charge in [0, 0.05) is 0 Å². The van der Waals surface area contributed by atoms with E-state index >= 15 is 0 Å². The zero-order valence-electron chi connectivity index (χ0n) is 4.57. The number of aliphatic hydroxyl groups is 3. The van der Waals surface area contributed by atoms with Crippen molar-refractivity contribution in [2.45, 2.75) is 0 Å². The average molecular weight is 126 g/mol. The molecule has 1 aliphatic rings. The third kappa shape index (κ3) is 0.762. The fourth-order valence-electron chi connectivity index (χ4n) is 0.579. The predicted octanol–water partition coefficient (Wildman–Crippen LogP) is 1.33. The first-order valence-electron chi connectivity index (χ1n) is 2.40. The average Bonchev–Trinajstić information content (AvgIpc) is 2.15. The second kappa shape index (κ2) is 1.85. The summed E-state index contributed by atoms with van der Waals surface area (Å²) >= 11 is 0. The minimum atomic E-state index is -0.280. The Balaban J connectivity index is 3.01. The minimum Gasteiger partial charge on any atom is -0.515 e. The van der Waals surface area contributed by atoms with Crippen LogP contribution in [-0.4, -0.2) is 15.3 Å². The molecule has 0 bridgehead atoms. The number of allylic oxidation sites excluding steroid dienone is 2. The standard InChI is InChI=1S/C6H6O3/c7-3-4-1-2-5(8)6(4)9/h1-3,7-9H/b4-3+. The summed E-state index contributed by atoms with van der Waals surface area (Å²) in [5.41, 5.74) is 0.229. The summed E-state index contributed by atoms with van der Waals surface area (Å²) in [6.45, 7) is 0. The highest BCUT2D eigenvalue weighted by Gasteiger charge is 2.10. The molecule has 0 aliphatic heterocycles. The van der Waals surface area contributed by atoms with Crippen LogP contribution in [-0.2, 0) is 0 Å². The molecule has 9 heavy (non-hydrogen) atoms. The van der Waals surface area contributed by atoms with Gasteiger partial charge in [0.05, 0.1) is 11.8 Å². The molecule has 0 heterocycles. The highest BCUT2D eigenvalue weighted by molar-refractivity contribution is 5.45.